The number of aromatic amines is 2. The molecule has 3 aliphatic rings. The van der Waals surface area contributed by atoms with Crippen LogP contribution in [0.5, 0.6) is 0 Å². The summed E-state index contributed by atoms with van der Waals surface area (Å²) in [4.78, 5) is 50.4. The van der Waals surface area contributed by atoms with Crippen molar-refractivity contribution in [1.82, 2.24) is 19.9 Å². The molecule has 1 fully saturated rings. The summed E-state index contributed by atoms with van der Waals surface area (Å²) in [5.74, 6) is 0.782. The van der Waals surface area contributed by atoms with E-state index in [0.717, 1.165) is 66.6 Å². The van der Waals surface area contributed by atoms with Crippen LogP contribution in [-0.2, 0) is 18.3 Å². The highest BCUT2D eigenvalue weighted by Gasteiger charge is 2.45. The molecule has 0 saturated carbocycles. The molecule has 7 heteroatoms. The molecule has 2 aromatic heterocycles. The molecule has 2 N–H and O–H groups in total. The Bertz CT molecular complexity index is 1090. The molecule has 3 heterocycles. The zero-order valence-corrected chi connectivity index (χ0v) is 17.0. The fourth-order valence-corrected chi connectivity index (χ4v) is 5.53. The summed E-state index contributed by atoms with van der Waals surface area (Å²) in [6.45, 7) is 4.98. The highest BCUT2D eigenvalue weighted by atomic mass is 16.2. The van der Waals surface area contributed by atoms with Gasteiger partial charge in [0.25, 0.3) is 11.5 Å². The number of H-pyrrole nitrogens is 2. The first-order chi connectivity index (χ1) is 13.9. The molecule has 0 radical (unpaired) electrons. The van der Waals surface area contributed by atoms with Crippen molar-refractivity contribution >= 4 is 11.7 Å². The van der Waals surface area contributed by atoms with Crippen LogP contribution in [0.3, 0.4) is 0 Å². The van der Waals surface area contributed by atoms with Crippen molar-refractivity contribution in [2.75, 3.05) is 13.1 Å². The molecule has 1 spiro atoms. The lowest BCUT2D eigenvalue weighted by Gasteiger charge is -2.39. The molecule has 2 aromatic rings. The smallest absolute Gasteiger partial charge is 0.270 e. The van der Waals surface area contributed by atoms with Crippen LogP contribution in [0.1, 0.15) is 81.3 Å². The van der Waals surface area contributed by atoms with Crippen molar-refractivity contribution in [3.63, 3.8) is 0 Å². The summed E-state index contributed by atoms with van der Waals surface area (Å²) in [6, 6.07) is 0. The van der Waals surface area contributed by atoms with Crippen LogP contribution >= 0.6 is 0 Å². The van der Waals surface area contributed by atoms with Gasteiger partial charge < -0.3 is 14.9 Å². The van der Waals surface area contributed by atoms with Gasteiger partial charge in [0, 0.05) is 41.7 Å². The van der Waals surface area contributed by atoms with Crippen molar-refractivity contribution in [3.05, 3.63) is 50.0 Å². The Hall–Kier alpha value is -2.70. The maximum Gasteiger partial charge on any atom is 0.270 e. The van der Waals surface area contributed by atoms with Crippen LogP contribution in [0.25, 0.3) is 0 Å². The normalized spacial score (nSPS) is 20.1. The molecule has 29 heavy (non-hydrogen) atoms. The zero-order chi connectivity index (χ0) is 20.3. The van der Waals surface area contributed by atoms with Gasteiger partial charge in [-0.25, -0.2) is 4.98 Å². The van der Waals surface area contributed by atoms with E-state index in [-0.39, 0.29) is 22.7 Å². The molecule has 0 unspecified atom stereocenters. The topological polar surface area (TPSA) is 98.9 Å². The molecule has 2 aliphatic carbocycles. The number of amides is 1. The van der Waals surface area contributed by atoms with E-state index in [2.05, 4.69) is 15.0 Å². The Morgan fingerprint density at radius 3 is 2.52 bits per heavy atom. The van der Waals surface area contributed by atoms with Gasteiger partial charge in [-0.3, -0.25) is 14.4 Å². The Labute approximate surface area is 168 Å². The first-order valence-corrected chi connectivity index (χ1v) is 10.5. The standard InChI is InChI=1S/C22H26N4O3/c1-12-17-15(4-3-5-16(17)27)25-18(12)21(29)26-10-8-22(9-11-26)7-6-14-19(22)23-13(2)24-20(14)28/h25H,3-11H2,1-2H3,(H,23,24,28). The third-order valence-corrected chi connectivity index (χ3v) is 7.15. The average Bonchev–Trinajstić information content (AvgIpc) is 3.22. The predicted molar refractivity (Wildman–Crippen MR) is 108 cm³/mol. The predicted octanol–water partition coefficient (Wildman–Crippen LogP) is 2.35. The van der Waals surface area contributed by atoms with Crippen molar-refractivity contribution in [1.29, 1.82) is 0 Å². The number of nitrogens with zero attached hydrogens (tertiary/aromatic N) is 2. The lowest BCUT2D eigenvalue weighted by atomic mass is 9.76. The van der Waals surface area contributed by atoms with Crippen molar-refractivity contribution in [3.8, 4) is 0 Å². The number of hydrogen-bond acceptors (Lipinski definition) is 4. The minimum atomic E-state index is -0.0921. The van der Waals surface area contributed by atoms with Gasteiger partial charge in [0.1, 0.15) is 11.5 Å². The molecule has 1 aliphatic heterocycles. The van der Waals surface area contributed by atoms with Crippen molar-refractivity contribution in [2.24, 2.45) is 0 Å². The van der Waals surface area contributed by atoms with E-state index in [1.54, 1.807) is 0 Å². The lowest BCUT2D eigenvalue weighted by Crippen LogP contribution is -2.45. The number of carbonyl (C=O) groups excluding carboxylic acids is 2. The highest BCUT2D eigenvalue weighted by Crippen LogP contribution is 2.44. The molecular weight excluding hydrogens is 368 g/mol. The molecule has 0 atom stereocenters. The monoisotopic (exact) mass is 394 g/mol. The molecule has 1 amide bonds. The number of aromatic nitrogens is 3. The maximum atomic E-state index is 13.2. The molecule has 5 rings (SSSR count). The minimum Gasteiger partial charge on any atom is -0.354 e. The minimum absolute atomic E-state index is 0.0138. The number of ketones is 1. The van der Waals surface area contributed by atoms with Crippen LogP contribution in [0.15, 0.2) is 4.79 Å². The number of hydrogen-bond donors (Lipinski definition) is 2. The van der Waals surface area contributed by atoms with Gasteiger partial charge in [0.2, 0.25) is 0 Å². The van der Waals surface area contributed by atoms with Crippen LogP contribution in [-0.4, -0.2) is 44.6 Å². The number of piperidine rings is 1. The Morgan fingerprint density at radius 1 is 1.03 bits per heavy atom. The van der Waals surface area contributed by atoms with Crippen LogP contribution in [0, 0.1) is 13.8 Å². The number of fused-ring (bicyclic) bond motifs is 3. The Morgan fingerprint density at radius 2 is 1.79 bits per heavy atom. The molecule has 152 valence electrons. The van der Waals surface area contributed by atoms with Gasteiger partial charge in [-0.15, -0.1) is 0 Å². The van der Waals surface area contributed by atoms with E-state index >= 15 is 0 Å². The molecule has 1 saturated heterocycles. The molecule has 0 aromatic carbocycles. The van der Waals surface area contributed by atoms with Crippen LogP contribution in [0.2, 0.25) is 0 Å². The van der Waals surface area contributed by atoms with E-state index < -0.39 is 0 Å². The van der Waals surface area contributed by atoms with E-state index in [1.807, 2.05) is 18.7 Å². The van der Waals surface area contributed by atoms with Gasteiger partial charge in [-0.2, -0.15) is 0 Å². The summed E-state index contributed by atoms with van der Waals surface area (Å²) in [5, 5.41) is 0. The van der Waals surface area contributed by atoms with Crippen LogP contribution in [0.4, 0.5) is 0 Å². The number of carbonyl (C=O) groups is 2. The number of aryl methyl sites for hydroxylation is 2. The number of Topliss-reactive ketones (excluding diaryl/α,β-unsaturated/α-hetero) is 1. The van der Waals surface area contributed by atoms with Crippen molar-refractivity contribution < 1.29 is 9.59 Å². The average molecular weight is 394 g/mol. The maximum absolute atomic E-state index is 13.2. The quantitative estimate of drug-likeness (QED) is 0.776. The van der Waals surface area contributed by atoms with E-state index in [4.69, 9.17) is 0 Å². The SMILES string of the molecule is Cc1nc2c(c(=O)[nH]1)CCC21CCN(C(=O)c2[nH]c3c(c2C)C(=O)CCC3)CC1. The van der Waals surface area contributed by atoms with Gasteiger partial charge in [-0.05, 0) is 57.9 Å². The molecular formula is C22H26N4O3. The number of nitrogens with one attached hydrogen (secondary N) is 2. The Balaban J connectivity index is 1.38. The Kier molecular flexibility index (Phi) is 4.05. The summed E-state index contributed by atoms with van der Waals surface area (Å²) in [7, 11) is 0. The zero-order valence-electron chi connectivity index (χ0n) is 17.0. The van der Waals surface area contributed by atoms with Gasteiger partial charge in [0.05, 0.1) is 5.69 Å². The summed E-state index contributed by atoms with van der Waals surface area (Å²) >= 11 is 0. The second kappa shape index (κ2) is 6.40. The first-order valence-electron chi connectivity index (χ1n) is 10.5. The summed E-state index contributed by atoms with van der Waals surface area (Å²) < 4.78 is 0. The van der Waals surface area contributed by atoms with E-state index in [1.165, 1.54) is 0 Å². The van der Waals surface area contributed by atoms with Crippen molar-refractivity contribution in [2.45, 2.75) is 64.2 Å². The second-order valence-electron chi connectivity index (χ2n) is 8.81. The first kappa shape index (κ1) is 18.3. The summed E-state index contributed by atoms with van der Waals surface area (Å²) in [6.07, 6.45) is 5.56. The van der Waals surface area contributed by atoms with Gasteiger partial charge >= 0.3 is 0 Å². The fraction of sp³-hybridized carbons (Fsp3) is 0.545. The second-order valence-corrected chi connectivity index (χ2v) is 8.81. The highest BCUT2D eigenvalue weighted by molar-refractivity contribution is 6.04. The van der Waals surface area contributed by atoms with E-state index in [0.29, 0.717) is 31.0 Å². The number of likely N-dealkylation sites (tertiary alicyclic amines) is 1. The summed E-state index contributed by atoms with van der Waals surface area (Å²) in [5.41, 5.74) is 4.68. The van der Waals surface area contributed by atoms with E-state index in [9.17, 15) is 14.4 Å². The van der Waals surface area contributed by atoms with Gasteiger partial charge in [-0.1, -0.05) is 0 Å². The molecule has 7 nitrogen and oxygen atoms in total. The number of rotatable bonds is 1. The lowest BCUT2D eigenvalue weighted by molar-refractivity contribution is 0.0657. The van der Waals surface area contributed by atoms with Crippen LogP contribution < -0.4 is 5.56 Å². The third-order valence-electron chi connectivity index (χ3n) is 7.15. The largest absolute Gasteiger partial charge is 0.354 e. The third kappa shape index (κ3) is 2.70. The molecule has 0 bridgehead atoms. The van der Waals surface area contributed by atoms with Gasteiger partial charge in [0.15, 0.2) is 5.78 Å². The fourth-order valence-electron chi connectivity index (χ4n) is 5.53.